The number of thiazole rings is 1. The minimum absolute atomic E-state index is 0.726. The molecule has 0 radical (unpaired) electrons. The molecular formula is C16H12BrClN2S. The summed E-state index contributed by atoms with van der Waals surface area (Å²) in [7, 11) is 0. The monoisotopic (exact) mass is 378 g/mol. The number of aromatic nitrogens is 1. The molecule has 0 saturated heterocycles. The molecule has 0 fully saturated rings. The van der Waals surface area contributed by atoms with Gasteiger partial charge in [0.05, 0.1) is 5.02 Å². The Hall–Kier alpha value is -1.36. The predicted octanol–water partition coefficient (Wildman–Crippen LogP) is 5.84. The minimum atomic E-state index is 0.726. The molecule has 3 rings (SSSR count). The van der Waals surface area contributed by atoms with Gasteiger partial charge in [-0.1, -0.05) is 29.8 Å². The molecule has 106 valence electrons. The van der Waals surface area contributed by atoms with Crippen molar-refractivity contribution in [1.82, 2.24) is 4.98 Å². The zero-order valence-corrected chi connectivity index (χ0v) is 14.2. The quantitative estimate of drug-likeness (QED) is 0.616. The van der Waals surface area contributed by atoms with Crippen molar-refractivity contribution in [2.75, 3.05) is 5.32 Å². The molecule has 1 aromatic heterocycles. The first-order valence-corrected chi connectivity index (χ1v) is 8.45. The molecule has 0 aliphatic rings. The van der Waals surface area contributed by atoms with Crippen LogP contribution in [0, 0.1) is 0 Å². The summed E-state index contributed by atoms with van der Waals surface area (Å²) in [6.45, 7) is 0.747. The number of anilines is 1. The van der Waals surface area contributed by atoms with Gasteiger partial charge >= 0.3 is 0 Å². The molecule has 0 atom stereocenters. The first kappa shape index (κ1) is 14.6. The van der Waals surface area contributed by atoms with Gasteiger partial charge in [-0.25, -0.2) is 4.98 Å². The van der Waals surface area contributed by atoms with Crippen LogP contribution in [0.3, 0.4) is 0 Å². The molecule has 0 aliphatic heterocycles. The van der Waals surface area contributed by atoms with E-state index < -0.39 is 0 Å². The first-order chi connectivity index (χ1) is 10.2. The molecule has 21 heavy (non-hydrogen) atoms. The maximum atomic E-state index is 6.00. The number of nitrogens with one attached hydrogen (secondary N) is 1. The average Bonchev–Trinajstić information content (AvgIpc) is 3.03. The molecule has 1 N–H and O–H groups in total. The Balaban J connectivity index is 1.73. The van der Waals surface area contributed by atoms with E-state index in [1.165, 1.54) is 5.56 Å². The molecular weight excluding hydrogens is 368 g/mol. The van der Waals surface area contributed by atoms with E-state index in [4.69, 9.17) is 11.6 Å². The van der Waals surface area contributed by atoms with E-state index in [1.54, 1.807) is 11.3 Å². The van der Waals surface area contributed by atoms with Gasteiger partial charge in [0.25, 0.3) is 0 Å². The van der Waals surface area contributed by atoms with Crippen molar-refractivity contribution < 1.29 is 0 Å². The lowest BCUT2D eigenvalue weighted by atomic mass is 10.2. The Morgan fingerprint density at radius 3 is 2.86 bits per heavy atom. The third kappa shape index (κ3) is 3.64. The standard InChI is InChI=1S/C16H12BrClN2S/c17-14-8-11(4-5-15(14)18)10-20-13-3-1-2-12(9-13)16-19-6-7-21-16/h1-9,20H,10H2. The van der Waals surface area contributed by atoms with Gasteiger partial charge in [0.1, 0.15) is 5.01 Å². The van der Waals surface area contributed by atoms with Crippen molar-refractivity contribution in [3.63, 3.8) is 0 Å². The summed E-state index contributed by atoms with van der Waals surface area (Å²) in [6.07, 6.45) is 1.82. The summed E-state index contributed by atoms with van der Waals surface area (Å²) in [5, 5.41) is 7.17. The van der Waals surface area contributed by atoms with E-state index >= 15 is 0 Å². The zero-order valence-electron chi connectivity index (χ0n) is 11.0. The van der Waals surface area contributed by atoms with Crippen LogP contribution in [-0.4, -0.2) is 4.98 Å². The molecule has 1 heterocycles. The van der Waals surface area contributed by atoms with Crippen molar-refractivity contribution in [2.24, 2.45) is 0 Å². The van der Waals surface area contributed by atoms with Gasteiger partial charge in [-0.2, -0.15) is 0 Å². The van der Waals surface area contributed by atoms with E-state index in [2.05, 4.69) is 44.4 Å². The molecule has 0 aliphatic carbocycles. The summed E-state index contributed by atoms with van der Waals surface area (Å²) in [4.78, 5) is 4.34. The second-order valence-corrected chi connectivity index (χ2v) is 6.68. The lowest BCUT2D eigenvalue weighted by molar-refractivity contribution is 1.15. The summed E-state index contributed by atoms with van der Waals surface area (Å²) in [6, 6.07) is 14.2. The van der Waals surface area contributed by atoms with E-state index in [-0.39, 0.29) is 0 Å². The van der Waals surface area contributed by atoms with Crippen LogP contribution in [0.25, 0.3) is 10.6 Å². The van der Waals surface area contributed by atoms with E-state index in [0.29, 0.717) is 0 Å². The Labute approximate surface area is 140 Å². The molecule has 0 bridgehead atoms. The zero-order chi connectivity index (χ0) is 14.7. The minimum Gasteiger partial charge on any atom is -0.381 e. The smallest absolute Gasteiger partial charge is 0.123 e. The molecule has 0 spiro atoms. The topological polar surface area (TPSA) is 24.9 Å². The van der Waals surface area contributed by atoms with Crippen molar-refractivity contribution in [3.8, 4) is 10.6 Å². The highest BCUT2D eigenvalue weighted by Crippen LogP contribution is 2.26. The van der Waals surface area contributed by atoms with E-state index in [1.807, 2.05) is 35.8 Å². The molecule has 2 aromatic carbocycles. The average molecular weight is 380 g/mol. The van der Waals surface area contributed by atoms with Crippen LogP contribution in [0.5, 0.6) is 0 Å². The van der Waals surface area contributed by atoms with Gasteiger partial charge in [0.15, 0.2) is 0 Å². The number of nitrogens with zero attached hydrogens (tertiary/aromatic N) is 1. The fourth-order valence-corrected chi connectivity index (χ4v) is 3.16. The van der Waals surface area contributed by atoms with Gasteiger partial charge in [0.2, 0.25) is 0 Å². The van der Waals surface area contributed by atoms with Crippen molar-refractivity contribution in [2.45, 2.75) is 6.54 Å². The van der Waals surface area contributed by atoms with Crippen LogP contribution >= 0.6 is 38.9 Å². The largest absolute Gasteiger partial charge is 0.381 e. The van der Waals surface area contributed by atoms with Crippen LogP contribution < -0.4 is 5.32 Å². The maximum Gasteiger partial charge on any atom is 0.123 e. The second kappa shape index (κ2) is 6.60. The highest BCUT2D eigenvalue weighted by molar-refractivity contribution is 9.10. The highest BCUT2D eigenvalue weighted by atomic mass is 79.9. The van der Waals surface area contributed by atoms with Gasteiger partial charge in [-0.05, 0) is 45.8 Å². The predicted molar refractivity (Wildman–Crippen MR) is 94.0 cm³/mol. The lowest BCUT2D eigenvalue weighted by Crippen LogP contribution is -1.99. The van der Waals surface area contributed by atoms with Gasteiger partial charge in [-0.15, -0.1) is 11.3 Å². The van der Waals surface area contributed by atoms with Crippen LogP contribution in [0.15, 0.2) is 58.5 Å². The van der Waals surface area contributed by atoms with Crippen LogP contribution in [-0.2, 0) is 6.54 Å². The maximum absolute atomic E-state index is 6.00. The van der Waals surface area contributed by atoms with Gasteiger partial charge < -0.3 is 5.32 Å². The fraction of sp³-hybridized carbons (Fsp3) is 0.0625. The molecule has 5 heteroatoms. The third-order valence-corrected chi connectivity index (χ3v) is 5.06. The van der Waals surface area contributed by atoms with Crippen molar-refractivity contribution in [1.29, 1.82) is 0 Å². The number of halogens is 2. The summed E-state index contributed by atoms with van der Waals surface area (Å²) in [5.41, 5.74) is 3.38. The Morgan fingerprint density at radius 1 is 1.19 bits per heavy atom. The van der Waals surface area contributed by atoms with E-state index in [9.17, 15) is 0 Å². The Morgan fingerprint density at radius 2 is 2.10 bits per heavy atom. The summed E-state index contributed by atoms with van der Waals surface area (Å²) in [5.74, 6) is 0. The summed E-state index contributed by atoms with van der Waals surface area (Å²) < 4.78 is 0.917. The number of benzene rings is 2. The first-order valence-electron chi connectivity index (χ1n) is 6.40. The van der Waals surface area contributed by atoms with Crippen molar-refractivity contribution in [3.05, 3.63) is 69.1 Å². The molecule has 0 saturated carbocycles. The Kier molecular flexibility index (Phi) is 4.58. The molecule has 0 unspecified atom stereocenters. The number of hydrogen-bond donors (Lipinski definition) is 1. The Bertz CT molecular complexity index is 744. The molecule has 2 nitrogen and oxygen atoms in total. The number of hydrogen-bond acceptors (Lipinski definition) is 3. The van der Waals surface area contributed by atoms with Gasteiger partial charge in [0, 0.05) is 33.8 Å². The second-order valence-electron chi connectivity index (χ2n) is 4.52. The molecule has 0 amide bonds. The van der Waals surface area contributed by atoms with Crippen LogP contribution in [0.1, 0.15) is 5.56 Å². The van der Waals surface area contributed by atoms with Crippen molar-refractivity contribution >= 4 is 44.6 Å². The van der Waals surface area contributed by atoms with Crippen LogP contribution in [0.2, 0.25) is 5.02 Å². The third-order valence-electron chi connectivity index (χ3n) is 3.02. The fourth-order valence-electron chi connectivity index (χ4n) is 1.98. The van der Waals surface area contributed by atoms with E-state index in [0.717, 1.165) is 32.3 Å². The summed E-state index contributed by atoms with van der Waals surface area (Å²) >= 11 is 11.1. The number of rotatable bonds is 4. The molecule has 3 aromatic rings. The van der Waals surface area contributed by atoms with Crippen LogP contribution in [0.4, 0.5) is 5.69 Å². The normalized spacial score (nSPS) is 10.6. The highest BCUT2D eigenvalue weighted by Gasteiger charge is 2.02. The SMILES string of the molecule is Clc1ccc(CNc2cccc(-c3nccs3)c2)cc1Br. The lowest BCUT2D eigenvalue weighted by Gasteiger charge is -2.08. The van der Waals surface area contributed by atoms with Gasteiger partial charge in [-0.3, -0.25) is 0 Å².